The minimum Gasteiger partial charge on any atom is -0.458 e. The molecule has 7 heteroatoms. The summed E-state index contributed by atoms with van der Waals surface area (Å²) in [6.07, 6.45) is 0.213. The molecule has 0 aliphatic heterocycles. The Labute approximate surface area is 185 Å². The van der Waals surface area contributed by atoms with E-state index in [0.717, 1.165) is 16.1 Å². The first-order valence-corrected chi connectivity index (χ1v) is 10.9. The number of carbonyl (C=O) groups is 2. The molecule has 0 saturated heterocycles. The Kier molecular flexibility index (Phi) is 7.60. The summed E-state index contributed by atoms with van der Waals surface area (Å²) in [5, 5.41) is 6.02. The summed E-state index contributed by atoms with van der Waals surface area (Å²) < 4.78 is 5.44. The van der Waals surface area contributed by atoms with Crippen LogP contribution >= 0.6 is 22.9 Å². The summed E-state index contributed by atoms with van der Waals surface area (Å²) in [6, 6.07) is 16.1. The van der Waals surface area contributed by atoms with Gasteiger partial charge < -0.3 is 10.1 Å². The van der Waals surface area contributed by atoms with Crippen molar-refractivity contribution in [2.24, 2.45) is 5.92 Å². The molecule has 0 unspecified atom stereocenters. The molecule has 1 heterocycles. The molecule has 156 valence electrons. The van der Waals surface area contributed by atoms with Gasteiger partial charge >= 0.3 is 5.97 Å². The van der Waals surface area contributed by atoms with Gasteiger partial charge in [-0.25, -0.2) is 9.78 Å². The maximum atomic E-state index is 12.6. The minimum atomic E-state index is -0.720. The summed E-state index contributed by atoms with van der Waals surface area (Å²) >= 11 is 7.66. The van der Waals surface area contributed by atoms with Gasteiger partial charge in [0.1, 0.15) is 17.7 Å². The van der Waals surface area contributed by atoms with Crippen molar-refractivity contribution >= 4 is 34.8 Å². The molecule has 5 nitrogen and oxygen atoms in total. The molecular formula is C23H23ClN2O3S. The third kappa shape index (κ3) is 5.90. The van der Waals surface area contributed by atoms with Gasteiger partial charge in [0.25, 0.3) is 0 Å². The fourth-order valence-corrected chi connectivity index (χ4v) is 3.99. The molecule has 0 bridgehead atoms. The molecule has 3 rings (SSSR count). The fraction of sp³-hybridized carbons (Fsp3) is 0.261. The van der Waals surface area contributed by atoms with Crippen molar-refractivity contribution in [2.45, 2.75) is 32.9 Å². The Morgan fingerprint density at radius 1 is 1.10 bits per heavy atom. The van der Waals surface area contributed by atoms with Gasteiger partial charge in [0.2, 0.25) is 5.91 Å². The van der Waals surface area contributed by atoms with Gasteiger partial charge in [-0.15, -0.1) is 11.3 Å². The fourth-order valence-electron chi connectivity index (χ4n) is 2.87. The van der Waals surface area contributed by atoms with Crippen molar-refractivity contribution in [3.8, 4) is 10.6 Å². The Balaban J connectivity index is 1.58. The highest BCUT2D eigenvalue weighted by atomic mass is 35.5. The lowest BCUT2D eigenvalue weighted by Crippen LogP contribution is -2.45. The average molecular weight is 443 g/mol. The van der Waals surface area contributed by atoms with Crippen LogP contribution in [0.1, 0.15) is 25.1 Å². The second-order valence-electron chi connectivity index (χ2n) is 7.18. The van der Waals surface area contributed by atoms with Crippen molar-refractivity contribution in [3.63, 3.8) is 0 Å². The smallest absolute Gasteiger partial charge is 0.329 e. The highest BCUT2D eigenvalue weighted by Crippen LogP contribution is 2.30. The molecule has 0 spiro atoms. The number of hydrogen-bond acceptors (Lipinski definition) is 5. The molecule has 1 aromatic heterocycles. The number of nitrogens with zero attached hydrogens (tertiary/aromatic N) is 1. The number of carbonyl (C=O) groups excluding carboxylic acids is 2. The second-order valence-corrected chi connectivity index (χ2v) is 8.45. The molecule has 0 aliphatic rings. The number of nitrogens with one attached hydrogen (secondary N) is 1. The first kappa shape index (κ1) is 22.0. The van der Waals surface area contributed by atoms with Gasteiger partial charge in [0, 0.05) is 10.9 Å². The van der Waals surface area contributed by atoms with Gasteiger partial charge in [-0.3, -0.25) is 4.79 Å². The van der Waals surface area contributed by atoms with E-state index in [9.17, 15) is 9.59 Å². The topological polar surface area (TPSA) is 68.3 Å². The third-order valence-electron chi connectivity index (χ3n) is 4.46. The molecule has 2 aromatic carbocycles. The first-order valence-electron chi connectivity index (χ1n) is 9.63. The monoisotopic (exact) mass is 442 g/mol. The maximum Gasteiger partial charge on any atom is 0.329 e. The van der Waals surface area contributed by atoms with E-state index in [2.05, 4.69) is 10.3 Å². The normalized spacial score (nSPS) is 11.9. The van der Waals surface area contributed by atoms with E-state index in [-0.39, 0.29) is 24.9 Å². The summed E-state index contributed by atoms with van der Waals surface area (Å²) in [4.78, 5) is 29.5. The number of esters is 1. The van der Waals surface area contributed by atoms with Gasteiger partial charge in [-0.2, -0.15) is 0 Å². The lowest BCUT2D eigenvalue weighted by Gasteiger charge is -2.20. The van der Waals surface area contributed by atoms with Crippen LogP contribution in [-0.4, -0.2) is 22.9 Å². The number of benzene rings is 2. The van der Waals surface area contributed by atoms with E-state index >= 15 is 0 Å². The molecule has 1 atom stereocenters. The lowest BCUT2D eigenvalue weighted by atomic mass is 10.0. The largest absolute Gasteiger partial charge is 0.458 e. The lowest BCUT2D eigenvalue weighted by molar-refractivity contribution is -0.150. The predicted octanol–water partition coefficient (Wildman–Crippen LogP) is 4.89. The summed E-state index contributed by atoms with van der Waals surface area (Å²) in [7, 11) is 0. The molecule has 1 amide bonds. The van der Waals surface area contributed by atoms with E-state index in [4.69, 9.17) is 16.3 Å². The Morgan fingerprint density at radius 3 is 2.50 bits per heavy atom. The Hall–Kier alpha value is -2.70. The van der Waals surface area contributed by atoms with Crippen molar-refractivity contribution in [3.05, 3.63) is 76.3 Å². The van der Waals surface area contributed by atoms with Crippen LogP contribution in [0.5, 0.6) is 0 Å². The summed E-state index contributed by atoms with van der Waals surface area (Å²) in [5.41, 5.74) is 2.37. The summed E-state index contributed by atoms with van der Waals surface area (Å²) in [6.45, 7) is 3.78. The SMILES string of the molecule is CC(C)[C@H](NC(=O)Cc1ccccc1)C(=O)OCc1csc(-c2ccccc2Cl)n1. The standard InChI is InChI=1S/C23H23ClN2O3S/c1-15(2)21(26-20(27)12-16-8-4-3-5-9-16)23(28)29-13-17-14-30-22(25-17)18-10-6-7-11-19(18)24/h3-11,14-15,21H,12-13H2,1-2H3,(H,26,27)/t21-/m0/s1. The van der Waals surface area contributed by atoms with E-state index < -0.39 is 12.0 Å². The molecule has 30 heavy (non-hydrogen) atoms. The van der Waals surface area contributed by atoms with Gasteiger partial charge in [-0.1, -0.05) is 74.0 Å². The zero-order chi connectivity index (χ0) is 21.5. The van der Waals surface area contributed by atoms with Crippen LogP contribution in [0, 0.1) is 5.92 Å². The van der Waals surface area contributed by atoms with E-state index in [1.807, 2.05) is 73.8 Å². The number of aromatic nitrogens is 1. The minimum absolute atomic E-state index is 0.0392. The maximum absolute atomic E-state index is 12.6. The Morgan fingerprint density at radius 2 is 1.80 bits per heavy atom. The Bertz CT molecular complexity index is 1000. The van der Waals surface area contributed by atoms with Crippen LogP contribution in [0.15, 0.2) is 60.0 Å². The number of amides is 1. The third-order valence-corrected chi connectivity index (χ3v) is 5.72. The van der Waals surface area contributed by atoms with E-state index in [1.165, 1.54) is 11.3 Å². The van der Waals surface area contributed by atoms with Crippen LogP contribution in [0.2, 0.25) is 5.02 Å². The van der Waals surface area contributed by atoms with Crippen LogP contribution < -0.4 is 5.32 Å². The molecule has 0 fully saturated rings. The van der Waals surface area contributed by atoms with Crippen LogP contribution in [0.25, 0.3) is 10.6 Å². The highest BCUT2D eigenvalue weighted by molar-refractivity contribution is 7.13. The number of halogens is 1. The highest BCUT2D eigenvalue weighted by Gasteiger charge is 2.26. The average Bonchev–Trinajstić information content (AvgIpc) is 3.20. The number of ether oxygens (including phenoxy) is 1. The molecule has 1 N–H and O–H groups in total. The van der Waals surface area contributed by atoms with E-state index in [1.54, 1.807) is 0 Å². The molecular weight excluding hydrogens is 420 g/mol. The van der Waals surface area contributed by atoms with E-state index in [0.29, 0.717) is 10.7 Å². The molecule has 0 aliphatic carbocycles. The van der Waals surface area contributed by atoms with Crippen LogP contribution in [0.4, 0.5) is 0 Å². The number of thiazole rings is 1. The van der Waals surface area contributed by atoms with Crippen LogP contribution in [-0.2, 0) is 27.4 Å². The van der Waals surface area contributed by atoms with Crippen molar-refractivity contribution in [1.29, 1.82) is 0 Å². The van der Waals surface area contributed by atoms with Gasteiger partial charge in [0.05, 0.1) is 17.1 Å². The molecule has 0 saturated carbocycles. The van der Waals surface area contributed by atoms with Crippen molar-refractivity contribution in [2.75, 3.05) is 0 Å². The van der Waals surface area contributed by atoms with Gasteiger partial charge in [-0.05, 0) is 17.5 Å². The molecule has 3 aromatic rings. The first-order chi connectivity index (χ1) is 14.4. The zero-order valence-corrected chi connectivity index (χ0v) is 18.4. The zero-order valence-electron chi connectivity index (χ0n) is 16.8. The van der Waals surface area contributed by atoms with Crippen molar-refractivity contribution < 1.29 is 14.3 Å². The quantitative estimate of drug-likeness (QED) is 0.504. The van der Waals surface area contributed by atoms with Crippen LogP contribution in [0.3, 0.4) is 0 Å². The second kappa shape index (κ2) is 10.4. The summed E-state index contributed by atoms with van der Waals surface area (Å²) in [5.74, 6) is -0.795. The van der Waals surface area contributed by atoms with Gasteiger partial charge in [0.15, 0.2) is 0 Å². The number of hydrogen-bond donors (Lipinski definition) is 1. The predicted molar refractivity (Wildman–Crippen MR) is 119 cm³/mol. The van der Waals surface area contributed by atoms with Crippen molar-refractivity contribution in [1.82, 2.24) is 10.3 Å². The molecule has 0 radical (unpaired) electrons. The number of rotatable bonds is 8.